The van der Waals surface area contributed by atoms with Crippen LogP contribution < -0.4 is 15.3 Å². The first-order valence-corrected chi connectivity index (χ1v) is 9.58. The van der Waals surface area contributed by atoms with Crippen LogP contribution in [0.3, 0.4) is 0 Å². The van der Waals surface area contributed by atoms with Crippen LogP contribution in [0, 0.1) is 0 Å². The van der Waals surface area contributed by atoms with Crippen molar-refractivity contribution in [1.82, 2.24) is 4.98 Å². The fraction of sp³-hybridized carbons (Fsp3) is 0.273. The molecule has 0 bridgehead atoms. The first kappa shape index (κ1) is 17.0. The number of fused-ring (bicyclic) bond motifs is 2. The lowest BCUT2D eigenvalue weighted by Gasteiger charge is -2.26. The highest BCUT2D eigenvalue weighted by atomic mass is 16.5. The number of ether oxygens (including phenoxy) is 1. The topological polar surface area (TPSA) is 90.2 Å². The van der Waals surface area contributed by atoms with Gasteiger partial charge in [0, 0.05) is 5.56 Å². The normalized spacial score (nSPS) is 21.7. The Balaban J connectivity index is 1.57. The van der Waals surface area contributed by atoms with Crippen LogP contribution in [0.1, 0.15) is 31.2 Å². The van der Waals surface area contributed by atoms with Gasteiger partial charge in [0.1, 0.15) is 12.1 Å². The summed E-state index contributed by atoms with van der Waals surface area (Å²) < 4.78 is 6.28. The van der Waals surface area contributed by atoms with E-state index in [1.165, 1.54) is 0 Å². The van der Waals surface area contributed by atoms with Crippen molar-refractivity contribution in [2.24, 2.45) is 9.98 Å². The van der Waals surface area contributed by atoms with Crippen LogP contribution in [0.2, 0.25) is 0 Å². The van der Waals surface area contributed by atoms with Gasteiger partial charge in [-0.15, -0.1) is 0 Å². The molecular weight excluding hydrogens is 354 g/mol. The standard InChI is InChI=1S/C22H21N3O3/c26-14-5-7-15(8-6-14)28-20-3-1-2-18-21(20)16(22(27)25-18)10-13-4-9-17-19(11-13)24-12-23-17/h1-4,9-12,14-15,25-27H,5-8H2/b13-10+. The van der Waals surface area contributed by atoms with Gasteiger partial charge in [0.05, 0.1) is 34.2 Å². The van der Waals surface area contributed by atoms with Crippen molar-refractivity contribution in [2.45, 2.75) is 37.9 Å². The number of rotatable bonds is 3. The molecule has 142 valence electrons. The number of benzene rings is 2. The van der Waals surface area contributed by atoms with Crippen molar-refractivity contribution < 1.29 is 14.9 Å². The summed E-state index contributed by atoms with van der Waals surface area (Å²) in [4.78, 5) is 11.5. The molecule has 1 aliphatic carbocycles. The van der Waals surface area contributed by atoms with E-state index in [-0.39, 0.29) is 18.1 Å². The minimum Gasteiger partial charge on any atom is -0.494 e. The molecule has 0 saturated heterocycles. The van der Waals surface area contributed by atoms with Crippen molar-refractivity contribution in [3.63, 3.8) is 0 Å². The van der Waals surface area contributed by atoms with E-state index in [1.54, 1.807) is 6.34 Å². The van der Waals surface area contributed by atoms with Crippen LogP contribution in [0.4, 0.5) is 5.69 Å². The number of aromatic hydroxyl groups is 1. The third-order valence-electron chi connectivity index (χ3n) is 5.45. The van der Waals surface area contributed by atoms with Crippen LogP contribution in [-0.4, -0.2) is 33.7 Å². The summed E-state index contributed by atoms with van der Waals surface area (Å²) in [5, 5.41) is 22.9. The van der Waals surface area contributed by atoms with Crippen LogP contribution in [0.15, 0.2) is 46.4 Å². The first-order chi connectivity index (χ1) is 13.7. The molecule has 6 nitrogen and oxygen atoms in total. The predicted molar refractivity (Wildman–Crippen MR) is 108 cm³/mol. The molecule has 2 aliphatic rings. The van der Waals surface area contributed by atoms with Crippen molar-refractivity contribution in [3.05, 3.63) is 52.5 Å². The van der Waals surface area contributed by atoms with Crippen LogP contribution in [0.5, 0.6) is 11.6 Å². The number of hydrogen-bond donors (Lipinski definition) is 3. The summed E-state index contributed by atoms with van der Waals surface area (Å²) in [6, 6.07) is 11.6. The second-order valence-corrected chi connectivity index (χ2v) is 7.38. The Bertz CT molecular complexity index is 1190. The van der Waals surface area contributed by atoms with E-state index >= 15 is 0 Å². The molecule has 1 aromatic heterocycles. The summed E-state index contributed by atoms with van der Waals surface area (Å²) in [5.41, 5.74) is 2.34. The van der Waals surface area contributed by atoms with Crippen molar-refractivity contribution >= 4 is 29.0 Å². The van der Waals surface area contributed by atoms with Crippen molar-refractivity contribution in [2.75, 3.05) is 0 Å². The van der Waals surface area contributed by atoms with Gasteiger partial charge in [0.15, 0.2) is 5.88 Å². The van der Waals surface area contributed by atoms with E-state index in [1.807, 2.05) is 42.5 Å². The van der Waals surface area contributed by atoms with Gasteiger partial charge in [0.25, 0.3) is 0 Å². The molecule has 0 spiro atoms. The predicted octanol–water partition coefficient (Wildman–Crippen LogP) is 2.68. The Kier molecular flexibility index (Phi) is 4.13. The van der Waals surface area contributed by atoms with E-state index in [0.717, 1.165) is 58.6 Å². The van der Waals surface area contributed by atoms with E-state index in [9.17, 15) is 10.2 Å². The number of aromatic nitrogens is 1. The van der Waals surface area contributed by atoms with Gasteiger partial charge in [-0.25, -0.2) is 9.98 Å². The number of hydrogen-bond acceptors (Lipinski definition) is 5. The molecule has 6 heteroatoms. The lowest BCUT2D eigenvalue weighted by Crippen LogP contribution is -2.26. The second kappa shape index (κ2) is 6.80. The number of H-pyrrole nitrogens is 1. The Hall–Kier alpha value is -3.12. The average Bonchev–Trinajstić information content (AvgIpc) is 3.28. The monoisotopic (exact) mass is 375 g/mol. The molecule has 1 fully saturated rings. The van der Waals surface area contributed by atoms with Crippen LogP contribution in [0.25, 0.3) is 17.0 Å². The van der Waals surface area contributed by atoms with Gasteiger partial charge >= 0.3 is 0 Å². The molecule has 0 amide bonds. The molecule has 3 N–H and O–H groups in total. The van der Waals surface area contributed by atoms with Gasteiger partial charge in [0.2, 0.25) is 0 Å². The van der Waals surface area contributed by atoms with Gasteiger partial charge in [-0.2, -0.15) is 0 Å². The van der Waals surface area contributed by atoms with Crippen molar-refractivity contribution in [3.8, 4) is 11.6 Å². The second-order valence-electron chi connectivity index (χ2n) is 7.38. The molecular formula is C22H21N3O3. The third kappa shape index (κ3) is 3.05. The Morgan fingerprint density at radius 3 is 2.82 bits per heavy atom. The third-order valence-corrected chi connectivity index (χ3v) is 5.45. The number of aliphatic imine (C=N–C) groups is 1. The van der Waals surface area contributed by atoms with Gasteiger partial charge in [-0.3, -0.25) is 0 Å². The summed E-state index contributed by atoms with van der Waals surface area (Å²) in [5.74, 6) is 0.856. The fourth-order valence-corrected chi connectivity index (χ4v) is 3.97. The molecule has 1 aliphatic heterocycles. The lowest BCUT2D eigenvalue weighted by atomic mass is 9.95. The quantitative estimate of drug-likeness (QED) is 0.657. The Morgan fingerprint density at radius 2 is 1.96 bits per heavy atom. The molecule has 5 rings (SSSR count). The number of aliphatic hydroxyl groups is 1. The zero-order valence-corrected chi connectivity index (χ0v) is 15.3. The number of aromatic amines is 1. The summed E-state index contributed by atoms with van der Waals surface area (Å²) in [6.07, 6.45) is 6.53. The first-order valence-electron chi connectivity index (χ1n) is 9.58. The molecule has 28 heavy (non-hydrogen) atoms. The summed E-state index contributed by atoms with van der Waals surface area (Å²) >= 11 is 0. The lowest BCUT2D eigenvalue weighted by molar-refractivity contribution is 0.0673. The highest BCUT2D eigenvalue weighted by Crippen LogP contribution is 2.36. The Labute approximate surface area is 161 Å². The molecule has 3 aromatic rings. The van der Waals surface area contributed by atoms with E-state index < -0.39 is 0 Å². The number of nitrogens with one attached hydrogen (secondary N) is 1. The minimum absolute atomic E-state index is 0.0786. The largest absolute Gasteiger partial charge is 0.494 e. The zero-order valence-electron chi connectivity index (χ0n) is 15.3. The van der Waals surface area contributed by atoms with E-state index in [2.05, 4.69) is 15.0 Å². The summed E-state index contributed by atoms with van der Waals surface area (Å²) in [7, 11) is 0. The molecule has 0 unspecified atom stereocenters. The van der Waals surface area contributed by atoms with E-state index in [0.29, 0.717) is 5.56 Å². The van der Waals surface area contributed by atoms with Gasteiger partial charge < -0.3 is 19.9 Å². The smallest absolute Gasteiger partial charge is 0.197 e. The maximum atomic E-state index is 10.5. The maximum absolute atomic E-state index is 10.5. The molecule has 0 atom stereocenters. The highest BCUT2D eigenvalue weighted by molar-refractivity contribution is 5.96. The van der Waals surface area contributed by atoms with Crippen LogP contribution >= 0.6 is 0 Å². The SMILES string of the molecule is Oc1[nH]c2cccc(OC3CCC(O)CC3)c2c1/C=c1\ccc2c(c1)N=CN=2. The average molecular weight is 375 g/mol. The van der Waals surface area contributed by atoms with Crippen molar-refractivity contribution in [1.29, 1.82) is 0 Å². The fourth-order valence-electron chi connectivity index (χ4n) is 3.97. The van der Waals surface area contributed by atoms with E-state index in [4.69, 9.17) is 4.74 Å². The van der Waals surface area contributed by atoms with Gasteiger partial charge in [-0.1, -0.05) is 12.1 Å². The maximum Gasteiger partial charge on any atom is 0.197 e. The number of nitrogens with zero attached hydrogens (tertiary/aromatic N) is 2. The molecule has 0 radical (unpaired) electrons. The van der Waals surface area contributed by atoms with Gasteiger partial charge in [-0.05, 0) is 61.2 Å². The molecule has 2 aromatic carbocycles. The molecule has 1 saturated carbocycles. The number of aliphatic hydroxyl groups excluding tert-OH is 1. The molecule has 2 heterocycles. The Morgan fingerprint density at radius 1 is 1.11 bits per heavy atom. The summed E-state index contributed by atoms with van der Waals surface area (Å²) in [6.45, 7) is 0. The highest BCUT2D eigenvalue weighted by Gasteiger charge is 2.22. The zero-order chi connectivity index (χ0) is 19.1. The van der Waals surface area contributed by atoms with Crippen LogP contribution in [-0.2, 0) is 0 Å². The minimum atomic E-state index is -0.218.